The lowest BCUT2D eigenvalue weighted by Gasteiger charge is -2.08. The van der Waals surface area contributed by atoms with Crippen LogP contribution in [0.5, 0.6) is 5.88 Å². The molecule has 7 heteroatoms. The number of hydrogen-bond donors (Lipinski definition) is 1. The second-order valence-electron chi connectivity index (χ2n) is 3.34. The van der Waals surface area contributed by atoms with Crippen molar-refractivity contribution >= 4 is 11.6 Å². The number of halogens is 4. The van der Waals surface area contributed by atoms with E-state index in [9.17, 15) is 13.2 Å². The van der Waals surface area contributed by atoms with E-state index in [1.807, 2.05) is 0 Å². The predicted octanol–water partition coefficient (Wildman–Crippen LogP) is 2.95. The number of pyridine rings is 1. The van der Waals surface area contributed by atoms with Crippen molar-refractivity contribution in [1.29, 1.82) is 0 Å². The van der Waals surface area contributed by atoms with E-state index in [-0.39, 0.29) is 30.5 Å². The zero-order valence-corrected chi connectivity index (χ0v) is 9.55. The molecule has 0 bridgehead atoms. The van der Waals surface area contributed by atoms with Crippen molar-refractivity contribution in [3.05, 3.63) is 22.8 Å². The van der Waals surface area contributed by atoms with Gasteiger partial charge in [-0.05, 0) is 6.42 Å². The van der Waals surface area contributed by atoms with Crippen LogP contribution in [0.4, 0.5) is 13.2 Å². The van der Waals surface area contributed by atoms with Crippen molar-refractivity contribution in [2.45, 2.75) is 25.6 Å². The molecule has 0 fully saturated rings. The molecule has 1 aromatic heterocycles. The molecule has 0 aliphatic rings. The summed E-state index contributed by atoms with van der Waals surface area (Å²) in [4.78, 5) is 3.77. The highest BCUT2D eigenvalue weighted by molar-refractivity contribution is 6.31. The molecule has 0 amide bonds. The highest BCUT2D eigenvalue weighted by atomic mass is 35.5. The summed E-state index contributed by atoms with van der Waals surface area (Å²) >= 11 is 5.69. The molecule has 0 aromatic carbocycles. The first-order valence-electron chi connectivity index (χ1n) is 4.87. The maximum atomic E-state index is 11.8. The first kappa shape index (κ1) is 14.1. The molecule has 0 aliphatic carbocycles. The zero-order chi connectivity index (χ0) is 12.9. The van der Waals surface area contributed by atoms with Crippen LogP contribution in [0.3, 0.4) is 0 Å². The minimum absolute atomic E-state index is 0.0843. The normalized spacial score (nSPS) is 11.6. The molecule has 96 valence electrons. The van der Waals surface area contributed by atoms with E-state index in [1.165, 1.54) is 12.3 Å². The molecule has 0 spiro atoms. The third kappa shape index (κ3) is 5.23. The van der Waals surface area contributed by atoms with Crippen molar-refractivity contribution in [1.82, 2.24) is 4.98 Å². The lowest BCUT2D eigenvalue weighted by molar-refractivity contribution is -0.136. The zero-order valence-electron chi connectivity index (χ0n) is 8.80. The lowest BCUT2D eigenvalue weighted by atomic mass is 10.3. The Balaban J connectivity index is 2.42. The number of rotatable bonds is 5. The molecule has 0 saturated carbocycles. The van der Waals surface area contributed by atoms with E-state index < -0.39 is 12.6 Å². The Labute approximate surface area is 101 Å². The fourth-order valence-corrected chi connectivity index (χ4v) is 1.27. The Morgan fingerprint density at radius 2 is 2.12 bits per heavy atom. The van der Waals surface area contributed by atoms with Gasteiger partial charge in [-0.15, -0.1) is 0 Å². The molecule has 1 aromatic rings. The van der Waals surface area contributed by atoms with Gasteiger partial charge in [0, 0.05) is 24.2 Å². The van der Waals surface area contributed by atoms with E-state index in [2.05, 4.69) is 4.98 Å². The van der Waals surface area contributed by atoms with Gasteiger partial charge in [0.2, 0.25) is 5.88 Å². The summed E-state index contributed by atoms with van der Waals surface area (Å²) in [6, 6.07) is 1.40. The molecule has 3 nitrogen and oxygen atoms in total. The van der Waals surface area contributed by atoms with Crippen LogP contribution >= 0.6 is 11.6 Å². The van der Waals surface area contributed by atoms with Crippen molar-refractivity contribution in [3.8, 4) is 5.88 Å². The molecule has 17 heavy (non-hydrogen) atoms. The van der Waals surface area contributed by atoms with Crippen LogP contribution in [-0.2, 0) is 6.61 Å². The summed E-state index contributed by atoms with van der Waals surface area (Å²) in [7, 11) is 0. The molecule has 1 N–H and O–H groups in total. The summed E-state index contributed by atoms with van der Waals surface area (Å²) < 4.78 is 40.5. The van der Waals surface area contributed by atoms with E-state index in [4.69, 9.17) is 21.4 Å². The first-order chi connectivity index (χ1) is 7.92. The Kier molecular flexibility index (Phi) is 5.02. The molecule has 0 saturated heterocycles. The molecule has 1 heterocycles. The fraction of sp³-hybridized carbons (Fsp3) is 0.500. The van der Waals surface area contributed by atoms with E-state index in [0.717, 1.165) is 0 Å². The SMILES string of the molecule is OCc1cc(OCCCC(F)(F)F)ncc1Cl. The van der Waals surface area contributed by atoms with Gasteiger partial charge in [0.25, 0.3) is 0 Å². The number of aliphatic hydroxyl groups is 1. The topological polar surface area (TPSA) is 42.4 Å². The standard InChI is InChI=1S/C10H11ClF3NO2/c11-8-5-15-9(4-7(8)6-16)17-3-1-2-10(12,13)14/h4-5,16H,1-3,6H2. The van der Waals surface area contributed by atoms with Gasteiger partial charge < -0.3 is 9.84 Å². The average Bonchev–Trinajstić information content (AvgIpc) is 2.25. The largest absolute Gasteiger partial charge is 0.478 e. The summed E-state index contributed by atoms with van der Waals surface area (Å²) in [6.07, 6.45) is -3.92. The van der Waals surface area contributed by atoms with Gasteiger partial charge in [-0.25, -0.2) is 4.98 Å². The van der Waals surface area contributed by atoms with Crippen molar-refractivity contribution in [2.24, 2.45) is 0 Å². The van der Waals surface area contributed by atoms with E-state index in [1.54, 1.807) is 0 Å². The van der Waals surface area contributed by atoms with E-state index in [0.29, 0.717) is 5.56 Å². The summed E-state index contributed by atoms with van der Waals surface area (Å²) in [5, 5.41) is 9.19. The van der Waals surface area contributed by atoms with Crippen LogP contribution in [0.1, 0.15) is 18.4 Å². The second-order valence-corrected chi connectivity index (χ2v) is 3.75. The van der Waals surface area contributed by atoms with E-state index >= 15 is 0 Å². The number of hydrogen-bond acceptors (Lipinski definition) is 3. The van der Waals surface area contributed by atoms with Crippen molar-refractivity contribution in [2.75, 3.05) is 6.61 Å². The molecule has 1 rings (SSSR count). The average molecular weight is 270 g/mol. The van der Waals surface area contributed by atoms with Crippen LogP contribution in [0.25, 0.3) is 0 Å². The predicted molar refractivity (Wildman–Crippen MR) is 56.0 cm³/mol. The highest BCUT2D eigenvalue weighted by Gasteiger charge is 2.26. The van der Waals surface area contributed by atoms with Crippen LogP contribution in [0.15, 0.2) is 12.3 Å². The van der Waals surface area contributed by atoms with Gasteiger partial charge in [0.05, 0.1) is 18.2 Å². The van der Waals surface area contributed by atoms with Gasteiger partial charge in [-0.1, -0.05) is 11.6 Å². The molecule has 0 atom stereocenters. The Morgan fingerprint density at radius 1 is 1.41 bits per heavy atom. The maximum Gasteiger partial charge on any atom is 0.389 e. The molecule has 0 aliphatic heterocycles. The van der Waals surface area contributed by atoms with Gasteiger partial charge in [-0.2, -0.15) is 13.2 Å². The number of ether oxygens (including phenoxy) is 1. The first-order valence-corrected chi connectivity index (χ1v) is 5.25. The lowest BCUT2D eigenvalue weighted by Crippen LogP contribution is -2.10. The van der Waals surface area contributed by atoms with Gasteiger partial charge in [-0.3, -0.25) is 0 Å². The Morgan fingerprint density at radius 3 is 2.71 bits per heavy atom. The molecule has 0 radical (unpaired) electrons. The van der Waals surface area contributed by atoms with Crippen molar-refractivity contribution < 1.29 is 23.0 Å². The van der Waals surface area contributed by atoms with Crippen LogP contribution in [0.2, 0.25) is 5.02 Å². The van der Waals surface area contributed by atoms with Gasteiger partial charge >= 0.3 is 6.18 Å². The summed E-state index contributed by atoms with van der Waals surface area (Å²) in [5.41, 5.74) is 0.424. The highest BCUT2D eigenvalue weighted by Crippen LogP contribution is 2.22. The Bertz CT molecular complexity index is 371. The monoisotopic (exact) mass is 269 g/mol. The van der Waals surface area contributed by atoms with Gasteiger partial charge in [0.15, 0.2) is 0 Å². The second kappa shape index (κ2) is 6.07. The Hall–Kier alpha value is -1.01. The smallest absolute Gasteiger partial charge is 0.389 e. The minimum atomic E-state index is -4.17. The molecular weight excluding hydrogens is 259 g/mol. The summed E-state index contributed by atoms with van der Waals surface area (Å²) in [5.74, 6) is 0.153. The van der Waals surface area contributed by atoms with Crippen LogP contribution < -0.4 is 4.74 Å². The maximum absolute atomic E-state index is 11.8. The summed E-state index contributed by atoms with van der Waals surface area (Å²) in [6.45, 7) is -0.362. The van der Waals surface area contributed by atoms with Crippen LogP contribution in [0, 0.1) is 0 Å². The third-order valence-corrected chi connectivity index (χ3v) is 2.27. The fourth-order valence-electron chi connectivity index (χ4n) is 1.11. The van der Waals surface area contributed by atoms with Crippen molar-refractivity contribution in [3.63, 3.8) is 0 Å². The number of alkyl halides is 3. The minimum Gasteiger partial charge on any atom is -0.478 e. The molecular formula is C10H11ClF3NO2. The number of nitrogens with zero attached hydrogens (tertiary/aromatic N) is 1. The number of aliphatic hydroxyl groups excluding tert-OH is 1. The third-order valence-electron chi connectivity index (χ3n) is 1.93. The quantitative estimate of drug-likeness (QED) is 0.836. The van der Waals surface area contributed by atoms with Crippen LogP contribution in [-0.4, -0.2) is 22.9 Å². The number of aromatic nitrogens is 1. The molecule has 0 unspecified atom stereocenters. The van der Waals surface area contributed by atoms with Gasteiger partial charge in [0.1, 0.15) is 0 Å².